The van der Waals surface area contributed by atoms with Crippen molar-refractivity contribution in [1.82, 2.24) is 4.98 Å². The number of nitrogens with zero attached hydrogens (tertiary/aromatic N) is 2. The number of nitriles is 1. The highest BCUT2D eigenvalue weighted by Crippen LogP contribution is 2.37. The molecule has 0 aliphatic heterocycles. The number of hydrogen-bond acceptors (Lipinski definition) is 6. The van der Waals surface area contributed by atoms with Crippen LogP contribution in [0.4, 0.5) is 13.2 Å². The fourth-order valence-electron chi connectivity index (χ4n) is 2.68. The van der Waals surface area contributed by atoms with Crippen molar-refractivity contribution in [1.29, 1.82) is 5.26 Å². The smallest absolute Gasteiger partial charge is 0.417 e. The van der Waals surface area contributed by atoms with Gasteiger partial charge in [-0.2, -0.15) is 18.4 Å². The van der Waals surface area contributed by atoms with E-state index in [2.05, 4.69) is 4.98 Å². The molecule has 11 heteroatoms. The van der Waals surface area contributed by atoms with Crippen LogP contribution in [0.15, 0.2) is 70.6 Å². The van der Waals surface area contributed by atoms with Crippen molar-refractivity contribution >= 4 is 27.5 Å². The molecular formula is C22H14ClF3N2O4S. The van der Waals surface area contributed by atoms with E-state index in [0.717, 1.165) is 18.2 Å². The largest absolute Gasteiger partial charge is 0.493 e. The van der Waals surface area contributed by atoms with E-state index in [1.54, 1.807) is 6.07 Å². The van der Waals surface area contributed by atoms with Gasteiger partial charge in [0.05, 0.1) is 17.6 Å². The number of pyridine rings is 1. The monoisotopic (exact) mass is 494 g/mol. The van der Waals surface area contributed by atoms with Crippen molar-refractivity contribution < 1.29 is 31.1 Å². The standard InChI is InChI=1S/C22H14ClF3N2O4S/c1-31-19-4-2-3-14(21(19)32-20-10-5-15(13-28-20)22(24,25)26)11-18(12-27)33(29,30)17-8-6-16(23)7-9-17/h2-11,13H,1H3. The number of benzene rings is 2. The van der Waals surface area contributed by atoms with Crippen LogP contribution in [-0.2, 0) is 16.0 Å². The van der Waals surface area contributed by atoms with Gasteiger partial charge in [-0.1, -0.05) is 23.7 Å². The molecule has 6 nitrogen and oxygen atoms in total. The highest BCUT2D eigenvalue weighted by Gasteiger charge is 2.31. The van der Waals surface area contributed by atoms with Crippen molar-refractivity contribution in [3.8, 4) is 23.4 Å². The molecule has 0 N–H and O–H groups in total. The lowest BCUT2D eigenvalue weighted by atomic mass is 10.1. The lowest BCUT2D eigenvalue weighted by Gasteiger charge is -2.13. The van der Waals surface area contributed by atoms with E-state index >= 15 is 0 Å². The molecule has 0 radical (unpaired) electrons. The third kappa shape index (κ3) is 5.45. The Morgan fingerprint density at radius 2 is 1.82 bits per heavy atom. The zero-order valence-corrected chi connectivity index (χ0v) is 18.4. The third-order valence-electron chi connectivity index (χ3n) is 4.31. The van der Waals surface area contributed by atoms with Crippen molar-refractivity contribution in [2.24, 2.45) is 0 Å². The van der Waals surface area contributed by atoms with Gasteiger partial charge in [0.2, 0.25) is 15.7 Å². The molecule has 0 saturated heterocycles. The maximum atomic E-state index is 12.9. The quantitative estimate of drug-likeness (QED) is 0.397. The molecule has 0 atom stereocenters. The summed E-state index contributed by atoms with van der Waals surface area (Å²) < 4.78 is 75.0. The highest BCUT2D eigenvalue weighted by atomic mass is 35.5. The third-order valence-corrected chi connectivity index (χ3v) is 6.24. The van der Waals surface area contributed by atoms with E-state index in [1.165, 1.54) is 49.6 Å². The molecule has 0 aliphatic carbocycles. The maximum absolute atomic E-state index is 12.9. The Labute approximate surface area is 192 Å². The molecule has 0 fully saturated rings. The normalized spacial score (nSPS) is 12.2. The first-order valence-electron chi connectivity index (χ1n) is 9.07. The molecule has 3 aromatic rings. The number of halogens is 4. The SMILES string of the molecule is COc1cccc(C=C(C#N)S(=O)(=O)c2ccc(Cl)cc2)c1Oc1ccc(C(F)(F)F)cn1. The molecule has 0 bridgehead atoms. The molecule has 0 amide bonds. The van der Waals surface area contributed by atoms with Crippen LogP contribution in [0.25, 0.3) is 6.08 Å². The lowest BCUT2D eigenvalue weighted by molar-refractivity contribution is -0.137. The molecule has 1 aromatic heterocycles. The Morgan fingerprint density at radius 1 is 1.12 bits per heavy atom. The van der Waals surface area contributed by atoms with Crippen molar-refractivity contribution in [2.45, 2.75) is 11.1 Å². The van der Waals surface area contributed by atoms with Crippen LogP contribution in [0, 0.1) is 11.3 Å². The number of aromatic nitrogens is 1. The van der Waals surface area contributed by atoms with Crippen LogP contribution >= 0.6 is 11.6 Å². The second-order valence-electron chi connectivity index (χ2n) is 6.44. The summed E-state index contributed by atoms with van der Waals surface area (Å²) in [6.45, 7) is 0. The number of hydrogen-bond donors (Lipinski definition) is 0. The number of para-hydroxylation sites is 1. The Kier molecular flexibility index (Phi) is 6.95. The van der Waals surface area contributed by atoms with Gasteiger partial charge >= 0.3 is 6.18 Å². The van der Waals surface area contributed by atoms with Crippen LogP contribution in [0.2, 0.25) is 5.02 Å². The summed E-state index contributed by atoms with van der Waals surface area (Å²) in [5.41, 5.74) is -0.832. The Morgan fingerprint density at radius 3 is 2.36 bits per heavy atom. The first kappa shape index (κ1) is 24.1. The average Bonchev–Trinajstić information content (AvgIpc) is 2.78. The van der Waals surface area contributed by atoms with Crippen LogP contribution in [0.5, 0.6) is 17.4 Å². The minimum Gasteiger partial charge on any atom is -0.493 e. The Bertz CT molecular complexity index is 1330. The molecule has 0 aliphatic rings. The van der Waals surface area contributed by atoms with Crippen LogP contribution in [-0.4, -0.2) is 20.5 Å². The molecule has 170 valence electrons. The zero-order valence-electron chi connectivity index (χ0n) is 16.8. The fraction of sp³-hybridized carbons (Fsp3) is 0.0909. The van der Waals surface area contributed by atoms with Gasteiger partial charge in [0.1, 0.15) is 11.0 Å². The van der Waals surface area contributed by atoms with Gasteiger partial charge in [-0.3, -0.25) is 0 Å². The minimum absolute atomic E-state index is 0.0358. The molecule has 1 heterocycles. The Hall–Kier alpha value is -3.55. The summed E-state index contributed by atoms with van der Waals surface area (Å²) in [6, 6.07) is 13.2. The molecule has 2 aromatic carbocycles. The average molecular weight is 495 g/mol. The second kappa shape index (κ2) is 9.52. The maximum Gasteiger partial charge on any atom is 0.417 e. The zero-order chi connectivity index (χ0) is 24.2. The predicted octanol–water partition coefficient (Wildman–Crippen LogP) is 5.89. The van der Waals surface area contributed by atoms with Crippen molar-refractivity contribution in [3.05, 3.63) is 81.8 Å². The van der Waals surface area contributed by atoms with Crippen LogP contribution < -0.4 is 9.47 Å². The number of methoxy groups -OCH3 is 1. The first-order chi connectivity index (χ1) is 15.6. The Balaban J connectivity index is 2.05. The van der Waals surface area contributed by atoms with Crippen LogP contribution in [0.3, 0.4) is 0 Å². The fourth-order valence-corrected chi connectivity index (χ4v) is 3.96. The van der Waals surface area contributed by atoms with E-state index in [-0.39, 0.29) is 27.8 Å². The summed E-state index contributed by atoms with van der Waals surface area (Å²) >= 11 is 5.80. The highest BCUT2D eigenvalue weighted by molar-refractivity contribution is 7.95. The molecule has 0 saturated carbocycles. The molecule has 33 heavy (non-hydrogen) atoms. The minimum atomic E-state index is -4.57. The van der Waals surface area contributed by atoms with Gasteiger partial charge in [0, 0.05) is 22.8 Å². The number of rotatable bonds is 6. The van der Waals surface area contributed by atoms with Crippen LogP contribution in [0.1, 0.15) is 11.1 Å². The van der Waals surface area contributed by atoms with E-state index in [4.69, 9.17) is 21.1 Å². The summed E-state index contributed by atoms with van der Waals surface area (Å²) in [5.74, 6) is -0.0841. The number of alkyl halides is 3. The van der Waals surface area contributed by atoms with Gasteiger partial charge in [0.25, 0.3) is 0 Å². The molecule has 0 spiro atoms. The van der Waals surface area contributed by atoms with Crippen molar-refractivity contribution in [3.63, 3.8) is 0 Å². The topological polar surface area (TPSA) is 89.3 Å². The molecular weight excluding hydrogens is 481 g/mol. The molecule has 0 unspecified atom stereocenters. The molecule has 3 rings (SSSR count). The van der Waals surface area contributed by atoms with E-state index in [9.17, 15) is 26.9 Å². The summed E-state index contributed by atoms with van der Waals surface area (Å²) in [4.78, 5) is 2.91. The van der Waals surface area contributed by atoms with Gasteiger partial charge in [-0.15, -0.1) is 0 Å². The van der Waals surface area contributed by atoms with Crippen molar-refractivity contribution in [2.75, 3.05) is 7.11 Å². The van der Waals surface area contributed by atoms with E-state index in [1.807, 2.05) is 0 Å². The van der Waals surface area contributed by atoms with Gasteiger partial charge in [-0.25, -0.2) is 13.4 Å². The van der Waals surface area contributed by atoms with Gasteiger partial charge < -0.3 is 9.47 Å². The van der Waals surface area contributed by atoms with Gasteiger partial charge in [-0.05, 0) is 42.5 Å². The van der Waals surface area contributed by atoms with E-state index in [0.29, 0.717) is 11.2 Å². The lowest BCUT2D eigenvalue weighted by Crippen LogP contribution is -2.05. The first-order valence-corrected chi connectivity index (χ1v) is 10.9. The summed E-state index contributed by atoms with van der Waals surface area (Å²) in [5, 5.41) is 9.86. The number of allylic oxidation sites excluding steroid dienone is 1. The predicted molar refractivity (Wildman–Crippen MR) is 115 cm³/mol. The number of ether oxygens (including phenoxy) is 2. The second-order valence-corrected chi connectivity index (χ2v) is 8.80. The number of sulfone groups is 1. The summed E-state index contributed by atoms with van der Waals surface area (Å²) in [7, 11) is -2.87. The van der Waals surface area contributed by atoms with E-state index < -0.39 is 26.5 Å². The van der Waals surface area contributed by atoms with Gasteiger partial charge in [0.15, 0.2) is 11.5 Å². The summed E-state index contributed by atoms with van der Waals surface area (Å²) in [6.07, 6.45) is -2.89.